The predicted octanol–water partition coefficient (Wildman–Crippen LogP) is 1.54. The molecule has 0 atom stereocenters. The van der Waals surface area contributed by atoms with Crippen LogP contribution >= 0.6 is 12.4 Å². The summed E-state index contributed by atoms with van der Waals surface area (Å²) in [5.74, 6) is -0.190. The van der Waals surface area contributed by atoms with E-state index >= 15 is 0 Å². The number of nitrogens with one attached hydrogen (secondary N) is 2. The fourth-order valence-corrected chi connectivity index (χ4v) is 1.88. The van der Waals surface area contributed by atoms with Gasteiger partial charge in [-0.25, -0.2) is 4.68 Å². The van der Waals surface area contributed by atoms with Crippen molar-refractivity contribution in [3.8, 4) is 5.69 Å². The number of carbonyl (C=O) groups excluding carboxylic acids is 1. The lowest BCUT2D eigenvalue weighted by molar-refractivity contribution is -0.384. The van der Waals surface area contributed by atoms with Gasteiger partial charge in [-0.05, 0) is 32.1 Å². The zero-order valence-corrected chi connectivity index (χ0v) is 13.4. The van der Waals surface area contributed by atoms with Crippen molar-refractivity contribution >= 4 is 24.0 Å². The SMILES string of the molecule is CNCCCNC(=O)c1cnn(-c2ccc([N+](=O)[O-])cc2)c1.Cl. The molecule has 2 rings (SSSR count). The van der Waals surface area contributed by atoms with Gasteiger partial charge in [0.1, 0.15) is 0 Å². The summed E-state index contributed by atoms with van der Waals surface area (Å²) in [6.07, 6.45) is 3.90. The van der Waals surface area contributed by atoms with Crippen molar-refractivity contribution in [2.24, 2.45) is 0 Å². The number of amides is 1. The Bertz CT molecular complexity index is 657. The van der Waals surface area contributed by atoms with Gasteiger partial charge in [0.25, 0.3) is 11.6 Å². The van der Waals surface area contributed by atoms with Crippen LogP contribution in [0.1, 0.15) is 16.8 Å². The predicted molar refractivity (Wildman–Crippen MR) is 88.3 cm³/mol. The van der Waals surface area contributed by atoms with Crippen molar-refractivity contribution in [3.05, 3.63) is 52.3 Å². The molecule has 2 aromatic rings. The van der Waals surface area contributed by atoms with Gasteiger partial charge in [-0.1, -0.05) is 0 Å². The maximum atomic E-state index is 11.9. The minimum Gasteiger partial charge on any atom is -0.352 e. The standard InChI is InChI=1S/C14H17N5O3.ClH/c1-15-7-2-8-16-14(20)11-9-17-18(10-11)12-3-5-13(6-4-12)19(21)22;/h3-6,9-10,15H,2,7-8H2,1H3,(H,16,20);1H. The number of carbonyl (C=O) groups is 1. The van der Waals surface area contributed by atoms with Gasteiger partial charge in [0.2, 0.25) is 0 Å². The van der Waals surface area contributed by atoms with E-state index in [0.717, 1.165) is 13.0 Å². The van der Waals surface area contributed by atoms with E-state index in [-0.39, 0.29) is 24.0 Å². The lowest BCUT2D eigenvalue weighted by Crippen LogP contribution is -2.26. The maximum absolute atomic E-state index is 11.9. The molecule has 0 radical (unpaired) electrons. The first-order valence-electron chi connectivity index (χ1n) is 6.84. The first-order chi connectivity index (χ1) is 10.6. The number of nitro groups is 1. The highest BCUT2D eigenvalue weighted by molar-refractivity contribution is 5.93. The van der Waals surface area contributed by atoms with Crippen LogP contribution in [-0.4, -0.2) is 40.7 Å². The molecular formula is C14H18ClN5O3. The molecule has 9 heteroatoms. The Morgan fingerprint density at radius 3 is 2.61 bits per heavy atom. The highest BCUT2D eigenvalue weighted by Crippen LogP contribution is 2.15. The van der Waals surface area contributed by atoms with E-state index in [0.29, 0.717) is 17.8 Å². The van der Waals surface area contributed by atoms with Gasteiger partial charge in [0.15, 0.2) is 0 Å². The lowest BCUT2D eigenvalue weighted by Gasteiger charge is -2.03. The molecule has 2 N–H and O–H groups in total. The second-order valence-corrected chi connectivity index (χ2v) is 4.66. The van der Waals surface area contributed by atoms with Crippen LogP contribution in [0.25, 0.3) is 5.69 Å². The number of nitrogens with zero attached hydrogens (tertiary/aromatic N) is 3. The van der Waals surface area contributed by atoms with Gasteiger partial charge < -0.3 is 10.6 Å². The van der Waals surface area contributed by atoms with E-state index in [1.807, 2.05) is 7.05 Å². The summed E-state index contributed by atoms with van der Waals surface area (Å²) in [5, 5.41) is 20.5. The maximum Gasteiger partial charge on any atom is 0.269 e. The van der Waals surface area contributed by atoms with Crippen molar-refractivity contribution in [2.75, 3.05) is 20.1 Å². The minimum absolute atomic E-state index is 0. The Labute approximate surface area is 139 Å². The third-order valence-electron chi connectivity index (χ3n) is 3.06. The summed E-state index contributed by atoms with van der Waals surface area (Å²) in [6.45, 7) is 1.42. The van der Waals surface area contributed by atoms with E-state index in [2.05, 4.69) is 15.7 Å². The molecule has 0 aliphatic carbocycles. The molecule has 1 amide bonds. The summed E-state index contributed by atoms with van der Waals surface area (Å²) in [6, 6.07) is 5.96. The van der Waals surface area contributed by atoms with Crippen molar-refractivity contribution < 1.29 is 9.72 Å². The topological polar surface area (TPSA) is 102 Å². The molecule has 8 nitrogen and oxygen atoms in total. The molecule has 1 aromatic heterocycles. The fraction of sp³-hybridized carbons (Fsp3) is 0.286. The normalized spacial score (nSPS) is 9.96. The highest BCUT2D eigenvalue weighted by atomic mass is 35.5. The van der Waals surface area contributed by atoms with E-state index in [4.69, 9.17) is 0 Å². The van der Waals surface area contributed by atoms with Gasteiger partial charge in [-0.2, -0.15) is 5.10 Å². The molecule has 0 aliphatic rings. The number of halogens is 1. The van der Waals surface area contributed by atoms with E-state index in [1.165, 1.54) is 23.0 Å². The Morgan fingerprint density at radius 2 is 2.00 bits per heavy atom. The van der Waals surface area contributed by atoms with E-state index in [9.17, 15) is 14.9 Å². The number of benzene rings is 1. The first kappa shape index (κ1) is 18.6. The zero-order chi connectivity index (χ0) is 15.9. The average molecular weight is 340 g/mol. The van der Waals surface area contributed by atoms with Gasteiger partial charge in [0, 0.05) is 24.9 Å². The minimum atomic E-state index is -0.461. The van der Waals surface area contributed by atoms with E-state index in [1.54, 1.807) is 18.3 Å². The van der Waals surface area contributed by atoms with Crippen LogP contribution in [0.5, 0.6) is 0 Å². The van der Waals surface area contributed by atoms with Crippen LogP contribution in [0.4, 0.5) is 5.69 Å². The van der Waals surface area contributed by atoms with Gasteiger partial charge >= 0.3 is 0 Å². The molecule has 0 aliphatic heterocycles. The van der Waals surface area contributed by atoms with Crippen LogP contribution in [0.2, 0.25) is 0 Å². The molecule has 0 unspecified atom stereocenters. The second-order valence-electron chi connectivity index (χ2n) is 4.66. The monoisotopic (exact) mass is 339 g/mol. The van der Waals surface area contributed by atoms with Crippen LogP contribution in [0.3, 0.4) is 0 Å². The van der Waals surface area contributed by atoms with Gasteiger partial charge in [-0.15, -0.1) is 12.4 Å². The van der Waals surface area contributed by atoms with Crippen LogP contribution < -0.4 is 10.6 Å². The summed E-state index contributed by atoms with van der Waals surface area (Å²) in [4.78, 5) is 22.1. The Hall–Kier alpha value is -2.45. The number of rotatable bonds is 7. The summed E-state index contributed by atoms with van der Waals surface area (Å²) >= 11 is 0. The highest BCUT2D eigenvalue weighted by Gasteiger charge is 2.10. The quantitative estimate of drug-likeness (QED) is 0.452. The summed E-state index contributed by atoms with van der Waals surface area (Å²) in [5.41, 5.74) is 1.11. The van der Waals surface area contributed by atoms with Crippen molar-refractivity contribution in [2.45, 2.75) is 6.42 Å². The molecule has 0 bridgehead atoms. The Balaban J connectivity index is 0.00000264. The molecular weight excluding hydrogens is 322 g/mol. The first-order valence-corrected chi connectivity index (χ1v) is 6.84. The molecule has 124 valence electrons. The third-order valence-corrected chi connectivity index (χ3v) is 3.06. The Morgan fingerprint density at radius 1 is 1.30 bits per heavy atom. The van der Waals surface area contributed by atoms with Crippen LogP contribution in [0.15, 0.2) is 36.7 Å². The molecule has 1 heterocycles. The Kier molecular flexibility index (Phi) is 7.17. The molecule has 0 spiro atoms. The molecule has 1 aromatic carbocycles. The number of hydrogen-bond acceptors (Lipinski definition) is 5. The largest absolute Gasteiger partial charge is 0.352 e. The van der Waals surface area contributed by atoms with Crippen molar-refractivity contribution in [1.82, 2.24) is 20.4 Å². The fourth-order valence-electron chi connectivity index (χ4n) is 1.88. The number of aromatic nitrogens is 2. The second kappa shape index (κ2) is 8.86. The number of nitro benzene ring substituents is 1. The van der Waals surface area contributed by atoms with Gasteiger partial charge in [0.05, 0.1) is 22.4 Å². The number of hydrogen-bond donors (Lipinski definition) is 2. The molecule has 0 saturated heterocycles. The van der Waals surface area contributed by atoms with Crippen molar-refractivity contribution in [3.63, 3.8) is 0 Å². The lowest BCUT2D eigenvalue weighted by atomic mass is 10.3. The van der Waals surface area contributed by atoms with Gasteiger partial charge in [-0.3, -0.25) is 14.9 Å². The van der Waals surface area contributed by atoms with Crippen molar-refractivity contribution in [1.29, 1.82) is 0 Å². The van der Waals surface area contributed by atoms with E-state index < -0.39 is 4.92 Å². The number of non-ortho nitro benzene ring substituents is 1. The molecule has 0 fully saturated rings. The zero-order valence-electron chi connectivity index (χ0n) is 12.6. The third kappa shape index (κ3) is 5.04. The summed E-state index contributed by atoms with van der Waals surface area (Å²) in [7, 11) is 1.86. The van der Waals surface area contributed by atoms with Crippen LogP contribution in [0, 0.1) is 10.1 Å². The average Bonchev–Trinajstić information content (AvgIpc) is 3.01. The van der Waals surface area contributed by atoms with Crippen LogP contribution in [-0.2, 0) is 0 Å². The molecule has 23 heavy (non-hydrogen) atoms. The smallest absolute Gasteiger partial charge is 0.269 e. The molecule has 0 saturated carbocycles. The summed E-state index contributed by atoms with van der Waals surface area (Å²) < 4.78 is 1.51.